The van der Waals surface area contributed by atoms with Crippen molar-refractivity contribution in [3.8, 4) is 11.5 Å². The molecule has 0 atom stereocenters. The Morgan fingerprint density at radius 3 is 2.96 bits per heavy atom. The van der Waals surface area contributed by atoms with Crippen LogP contribution in [0.1, 0.15) is 17.5 Å². The monoisotopic (exact) mass is 415 g/mol. The number of fused-ring (bicyclic) bond motifs is 2. The number of para-hydroxylation sites is 1. The van der Waals surface area contributed by atoms with E-state index in [0.717, 1.165) is 35.1 Å². The van der Waals surface area contributed by atoms with Crippen molar-refractivity contribution in [1.82, 2.24) is 5.43 Å². The highest BCUT2D eigenvalue weighted by Crippen LogP contribution is 2.36. The predicted octanol–water partition coefficient (Wildman–Crippen LogP) is 3.08. The third-order valence-corrected chi connectivity index (χ3v) is 5.11. The summed E-state index contributed by atoms with van der Waals surface area (Å²) >= 11 is 3.47. The topological polar surface area (TPSA) is 63.2 Å². The molecule has 4 rings (SSSR count). The Labute approximate surface area is 159 Å². The van der Waals surface area contributed by atoms with Crippen LogP contribution in [0.15, 0.2) is 46.0 Å². The van der Waals surface area contributed by atoms with Crippen molar-refractivity contribution in [3.63, 3.8) is 0 Å². The summed E-state index contributed by atoms with van der Waals surface area (Å²) in [4.78, 5) is 14.4. The highest BCUT2D eigenvalue weighted by Gasteiger charge is 2.18. The zero-order valence-corrected chi connectivity index (χ0v) is 15.7. The van der Waals surface area contributed by atoms with Gasteiger partial charge in [-0.2, -0.15) is 5.10 Å². The lowest BCUT2D eigenvalue weighted by atomic mass is 10.0. The molecule has 0 unspecified atom stereocenters. The SMILES string of the molecule is O=C(CN1CCCc2ccccc21)N/N=C/c1cc2c(cc1Br)OCO2. The van der Waals surface area contributed by atoms with Gasteiger partial charge in [0.25, 0.3) is 5.91 Å². The summed E-state index contributed by atoms with van der Waals surface area (Å²) in [7, 11) is 0. The Morgan fingerprint density at radius 1 is 1.27 bits per heavy atom. The van der Waals surface area contributed by atoms with Crippen molar-refractivity contribution in [2.24, 2.45) is 5.10 Å². The van der Waals surface area contributed by atoms with E-state index in [1.54, 1.807) is 6.21 Å². The van der Waals surface area contributed by atoms with E-state index in [0.29, 0.717) is 11.5 Å². The maximum Gasteiger partial charge on any atom is 0.259 e. The summed E-state index contributed by atoms with van der Waals surface area (Å²) in [5.41, 5.74) is 5.83. The Kier molecular flexibility index (Phi) is 4.79. The Bertz CT molecular complexity index is 869. The van der Waals surface area contributed by atoms with Gasteiger partial charge in [-0.3, -0.25) is 4.79 Å². The molecule has 0 saturated heterocycles. The Balaban J connectivity index is 1.38. The van der Waals surface area contributed by atoms with Crippen LogP contribution in [0, 0.1) is 0 Å². The fourth-order valence-electron chi connectivity index (χ4n) is 3.19. The van der Waals surface area contributed by atoms with Crippen LogP contribution in [0.25, 0.3) is 0 Å². The first-order chi connectivity index (χ1) is 12.7. The van der Waals surface area contributed by atoms with Gasteiger partial charge in [0.2, 0.25) is 6.79 Å². The molecular formula is C19H18BrN3O3. The molecule has 26 heavy (non-hydrogen) atoms. The summed E-state index contributed by atoms with van der Waals surface area (Å²) in [5.74, 6) is 1.22. The number of rotatable bonds is 4. The van der Waals surface area contributed by atoms with Crippen LogP contribution in [0.5, 0.6) is 11.5 Å². The molecule has 2 heterocycles. The number of aryl methyl sites for hydroxylation is 1. The van der Waals surface area contributed by atoms with E-state index in [2.05, 4.69) is 43.5 Å². The van der Waals surface area contributed by atoms with Crippen LogP contribution in [-0.2, 0) is 11.2 Å². The van der Waals surface area contributed by atoms with Gasteiger partial charge in [0, 0.05) is 22.3 Å². The number of hydrogen-bond donors (Lipinski definition) is 1. The molecule has 2 aliphatic heterocycles. The number of hydrogen-bond acceptors (Lipinski definition) is 5. The maximum absolute atomic E-state index is 12.3. The molecule has 1 N–H and O–H groups in total. The van der Waals surface area contributed by atoms with E-state index in [1.807, 2.05) is 24.3 Å². The van der Waals surface area contributed by atoms with Crippen molar-refractivity contribution in [3.05, 3.63) is 52.0 Å². The van der Waals surface area contributed by atoms with Gasteiger partial charge >= 0.3 is 0 Å². The van der Waals surface area contributed by atoms with Gasteiger partial charge in [-0.1, -0.05) is 18.2 Å². The molecule has 0 radical (unpaired) electrons. The van der Waals surface area contributed by atoms with Crippen LogP contribution in [0.4, 0.5) is 5.69 Å². The molecule has 0 aliphatic carbocycles. The van der Waals surface area contributed by atoms with Gasteiger partial charge in [0.15, 0.2) is 11.5 Å². The molecule has 0 spiro atoms. The second kappa shape index (κ2) is 7.37. The lowest BCUT2D eigenvalue weighted by Gasteiger charge is -2.30. The maximum atomic E-state index is 12.3. The average molecular weight is 416 g/mol. The van der Waals surface area contributed by atoms with Crippen LogP contribution in [-0.4, -0.2) is 32.0 Å². The van der Waals surface area contributed by atoms with Crippen LogP contribution >= 0.6 is 15.9 Å². The van der Waals surface area contributed by atoms with Crippen molar-refractivity contribution < 1.29 is 14.3 Å². The van der Waals surface area contributed by atoms with Crippen molar-refractivity contribution in [2.45, 2.75) is 12.8 Å². The van der Waals surface area contributed by atoms with Gasteiger partial charge in [-0.15, -0.1) is 0 Å². The van der Waals surface area contributed by atoms with E-state index in [-0.39, 0.29) is 19.2 Å². The largest absolute Gasteiger partial charge is 0.454 e. The lowest BCUT2D eigenvalue weighted by molar-refractivity contribution is -0.119. The second-order valence-corrected chi connectivity index (χ2v) is 7.03. The summed E-state index contributed by atoms with van der Waals surface area (Å²) in [5, 5.41) is 4.07. The van der Waals surface area contributed by atoms with E-state index in [1.165, 1.54) is 5.56 Å². The summed E-state index contributed by atoms with van der Waals surface area (Å²) in [6.07, 6.45) is 3.70. The second-order valence-electron chi connectivity index (χ2n) is 6.17. The number of halogens is 1. The van der Waals surface area contributed by atoms with E-state index in [4.69, 9.17) is 9.47 Å². The van der Waals surface area contributed by atoms with Crippen LogP contribution < -0.4 is 19.8 Å². The normalized spacial score (nSPS) is 15.2. The zero-order valence-electron chi connectivity index (χ0n) is 14.1. The van der Waals surface area contributed by atoms with Crippen LogP contribution in [0.3, 0.4) is 0 Å². The molecule has 134 valence electrons. The number of amides is 1. The third-order valence-electron chi connectivity index (χ3n) is 4.43. The molecule has 2 aromatic carbocycles. The van der Waals surface area contributed by atoms with Crippen molar-refractivity contribution in [1.29, 1.82) is 0 Å². The number of carbonyl (C=O) groups excluding carboxylic acids is 1. The number of nitrogens with one attached hydrogen (secondary N) is 1. The molecule has 2 aliphatic rings. The molecule has 7 heteroatoms. The zero-order chi connectivity index (χ0) is 17.9. The number of anilines is 1. The summed E-state index contributed by atoms with van der Waals surface area (Å²) < 4.78 is 11.5. The number of carbonyl (C=O) groups is 1. The van der Waals surface area contributed by atoms with Crippen molar-refractivity contribution in [2.75, 3.05) is 24.8 Å². The summed E-state index contributed by atoms with van der Waals surface area (Å²) in [6, 6.07) is 11.9. The first kappa shape index (κ1) is 16.9. The minimum Gasteiger partial charge on any atom is -0.454 e. The molecular weight excluding hydrogens is 398 g/mol. The van der Waals surface area contributed by atoms with Gasteiger partial charge in [-0.25, -0.2) is 5.43 Å². The number of nitrogens with zero attached hydrogens (tertiary/aromatic N) is 2. The molecule has 0 fully saturated rings. The Morgan fingerprint density at radius 2 is 2.08 bits per heavy atom. The van der Waals surface area contributed by atoms with Gasteiger partial charge in [0.05, 0.1) is 12.8 Å². The van der Waals surface area contributed by atoms with E-state index in [9.17, 15) is 4.79 Å². The Hall–Kier alpha value is -2.54. The third kappa shape index (κ3) is 3.53. The van der Waals surface area contributed by atoms with Gasteiger partial charge < -0.3 is 14.4 Å². The quantitative estimate of drug-likeness (QED) is 0.615. The fourth-order valence-corrected chi connectivity index (χ4v) is 3.61. The van der Waals surface area contributed by atoms with Crippen LogP contribution in [0.2, 0.25) is 0 Å². The number of hydrazone groups is 1. The molecule has 2 aromatic rings. The first-order valence-corrected chi connectivity index (χ1v) is 9.24. The predicted molar refractivity (Wildman–Crippen MR) is 103 cm³/mol. The van der Waals surface area contributed by atoms with Gasteiger partial charge in [-0.05, 0) is 52.5 Å². The van der Waals surface area contributed by atoms with E-state index < -0.39 is 0 Å². The van der Waals surface area contributed by atoms with Crippen molar-refractivity contribution >= 4 is 33.7 Å². The molecule has 0 aromatic heterocycles. The minimum absolute atomic E-state index is 0.144. The molecule has 1 amide bonds. The lowest BCUT2D eigenvalue weighted by Crippen LogP contribution is -2.38. The number of ether oxygens (including phenoxy) is 2. The highest BCUT2D eigenvalue weighted by atomic mass is 79.9. The number of benzene rings is 2. The van der Waals surface area contributed by atoms with Gasteiger partial charge in [0.1, 0.15) is 0 Å². The first-order valence-electron chi connectivity index (χ1n) is 8.44. The molecule has 0 saturated carbocycles. The fraction of sp³-hybridized carbons (Fsp3) is 0.263. The molecule has 0 bridgehead atoms. The van der Waals surface area contributed by atoms with E-state index >= 15 is 0 Å². The minimum atomic E-state index is -0.144. The smallest absolute Gasteiger partial charge is 0.259 e. The standard InChI is InChI=1S/C19H18BrN3O3/c20-15-9-18-17(25-12-26-18)8-14(15)10-21-22-19(24)11-23-7-3-5-13-4-1-2-6-16(13)23/h1-2,4,6,8-10H,3,5,7,11-12H2,(H,22,24)/b21-10+. The molecule has 6 nitrogen and oxygen atoms in total. The average Bonchev–Trinajstić information content (AvgIpc) is 3.09. The highest BCUT2D eigenvalue weighted by molar-refractivity contribution is 9.10. The summed E-state index contributed by atoms with van der Waals surface area (Å²) in [6.45, 7) is 1.38.